The number of anilines is 2. The molecule has 2 aromatic carbocycles. The van der Waals surface area contributed by atoms with Crippen LogP contribution in [0.4, 0.5) is 11.5 Å². The largest absolute Gasteiger partial charge is 0.324 e. The molecule has 9 heteroatoms. The predicted octanol–water partition coefficient (Wildman–Crippen LogP) is 4.59. The lowest BCUT2D eigenvalue weighted by molar-refractivity contribution is -0.120. The van der Waals surface area contributed by atoms with Gasteiger partial charge in [-0.15, -0.1) is 0 Å². The molecule has 184 valence electrons. The molecule has 3 amide bonds. The molecule has 0 fully saturated rings. The van der Waals surface area contributed by atoms with Crippen LogP contribution in [0.1, 0.15) is 32.0 Å². The summed E-state index contributed by atoms with van der Waals surface area (Å²) < 4.78 is 0. The van der Waals surface area contributed by atoms with E-state index < -0.39 is 6.04 Å². The SMILES string of the molecule is O=C(Nc1ccccn1)c1ccc(C(=O)N2Cc3ccc(Cl)cc3NC(=O)[C@H]2Cc2ccccn2)cc1. The van der Waals surface area contributed by atoms with E-state index >= 15 is 0 Å². The van der Waals surface area contributed by atoms with Gasteiger partial charge in [-0.25, -0.2) is 4.98 Å². The van der Waals surface area contributed by atoms with Crippen molar-refractivity contribution in [3.05, 3.63) is 119 Å². The molecular weight excluding hydrogens is 490 g/mol. The number of halogens is 1. The lowest BCUT2D eigenvalue weighted by atomic mass is 10.0. The van der Waals surface area contributed by atoms with E-state index in [0.29, 0.717) is 33.3 Å². The van der Waals surface area contributed by atoms with Crippen molar-refractivity contribution in [3.63, 3.8) is 0 Å². The smallest absolute Gasteiger partial charge is 0.256 e. The van der Waals surface area contributed by atoms with Crippen LogP contribution in [0.2, 0.25) is 5.02 Å². The normalized spacial score (nSPS) is 14.8. The molecule has 2 N–H and O–H groups in total. The highest BCUT2D eigenvalue weighted by atomic mass is 35.5. The number of amides is 3. The van der Waals surface area contributed by atoms with Crippen LogP contribution in [0, 0.1) is 0 Å². The number of aromatic nitrogens is 2. The minimum atomic E-state index is -0.805. The molecule has 0 saturated carbocycles. The molecule has 0 bridgehead atoms. The summed E-state index contributed by atoms with van der Waals surface area (Å²) in [6.45, 7) is 0.198. The zero-order valence-electron chi connectivity index (χ0n) is 19.6. The van der Waals surface area contributed by atoms with Crippen molar-refractivity contribution in [2.45, 2.75) is 19.0 Å². The van der Waals surface area contributed by atoms with Crippen molar-refractivity contribution in [1.82, 2.24) is 14.9 Å². The fourth-order valence-electron chi connectivity index (χ4n) is 4.14. The van der Waals surface area contributed by atoms with Gasteiger partial charge in [0.1, 0.15) is 11.9 Å². The van der Waals surface area contributed by atoms with Gasteiger partial charge < -0.3 is 15.5 Å². The number of carbonyl (C=O) groups is 3. The summed E-state index contributed by atoms with van der Waals surface area (Å²) in [4.78, 5) is 49.6. The number of nitrogens with one attached hydrogen (secondary N) is 2. The van der Waals surface area contributed by atoms with E-state index in [0.717, 1.165) is 5.56 Å². The molecule has 2 aromatic heterocycles. The Balaban J connectivity index is 1.42. The first-order valence-electron chi connectivity index (χ1n) is 11.6. The Morgan fingerprint density at radius 2 is 1.68 bits per heavy atom. The second kappa shape index (κ2) is 10.6. The van der Waals surface area contributed by atoms with Gasteiger partial charge >= 0.3 is 0 Å². The number of carbonyl (C=O) groups excluding carboxylic acids is 3. The minimum Gasteiger partial charge on any atom is -0.324 e. The lowest BCUT2D eigenvalue weighted by Crippen LogP contribution is -2.46. The maximum atomic E-state index is 13.7. The number of fused-ring (bicyclic) bond motifs is 1. The maximum absolute atomic E-state index is 13.7. The average Bonchev–Trinajstić information content (AvgIpc) is 3.05. The van der Waals surface area contributed by atoms with Crippen LogP contribution in [0.15, 0.2) is 91.3 Å². The van der Waals surface area contributed by atoms with Crippen LogP contribution in [0.5, 0.6) is 0 Å². The van der Waals surface area contributed by atoms with Gasteiger partial charge in [0, 0.05) is 52.9 Å². The standard InChI is InChI=1S/C28H22ClN5O3/c29-21-12-11-20-17-34(24(27(36)32-23(20)15-21)16-22-5-1-3-13-30-22)28(37)19-9-7-18(8-10-19)26(35)33-25-6-2-4-14-31-25/h1-15,24H,16-17H2,(H,32,36)(H,31,33,35)/t24-/m1/s1. The van der Waals surface area contributed by atoms with E-state index in [4.69, 9.17) is 11.6 Å². The first-order chi connectivity index (χ1) is 18.0. The minimum absolute atomic E-state index is 0.198. The Morgan fingerprint density at radius 3 is 2.38 bits per heavy atom. The molecule has 0 aliphatic carbocycles. The van der Waals surface area contributed by atoms with Gasteiger partial charge in [-0.1, -0.05) is 29.8 Å². The summed E-state index contributed by atoms with van der Waals surface area (Å²) in [5.74, 6) is -0.577. The second-order valence-electron chi connectivity index (χ2n) is 8.51. The predicted molar refractivity (Wildman–Crippen MR) is 140 cm³/mol. The van der Waals surface area contributed by atoms with Crippen molar-refractivity contribution >= 4 is 40.8 Å². The van der Waals surface area contributed by atoms with Crippen molar-refractivity contribution in [3.8, 4) is 0 Å². The molecule has 0 unspecified atom stereocenters. The molecule has 0 radical (unpaired) electrons. The Labute approximate surface area is 218 Å². The number of nitrogens with zero attached hydrogens (tertiary/aromatic N) is 3. The molecule has 4 aromatic rings. The molecule has 37 heavy (non-hydrogen) atoms. The first-order valence-corrected chi connectivity index (χ1v) is 12.0. The number of hydrogen-bond donors (Lipinski definition) is 2. The summed E-state index contributed by atoms with van der Waals surface area (Å²) in [7, 11) is 0. The van der Waals surface area contributed by atoms with Crippen LogP contribution in [0.3, 0.4) is 0 Å². The third-order valence-electron chi connectivity index (χ3n) is 6.04. The summed E-state index contributed by atoms with van der Waals surface area (Å²) in [5.41, 5.74) is 2.75. The third-order valence-corrected chi connectivity index (χ3v) is 6.27. The monoisotopic (exact) mass is 511 g/mol. The molecule has 1 aliphatic rings. The number of hydrogen-bond acceptors (Lipinski definition) is 5. The van der Waals surface area contributed by atoms with E-state index in [-0.39, 0.29) is 30.7 Å². The average molecular weight is 512 g/mol. The number of benzene rings is 2. The number of rotatable bonds is 5. The highest BCUT2D eigenvalue weighted by molar-refractivity contribution is 6.31. The Morgan fingerprint density at radius 1 is 0.946 bits per heavy atom. The van der Waals surface area contributed by atoms with Crippen LogP contribution in [0.25, 0.3) is 0 Å². The third kappa shape index (κ3) is 5.49. The van der Waals surface area contributed by atoms with Crippen molar-refractivity contribution in [2.24, 2.45) is 0 Å². The van der Waals surface area contributed by atoms with Gasteiger partial charge in [-0.3, -0.25) is 19.4 Å². The second-order valence-corrected chi connectivity index (χ2v) is 8.95. The van der Waals surface area contributed by atoms with Gasteiger partial charge in [0.15, 0.2) is 0 Å². The van der Waals surface area contributed by atoms with Gasteiger partial charge in [-0.2, -0.15) is 0 Å². The molecular formula is C28H22ClN5O3. The van der Waals surface area contributed by atoms with E-state index in [1.165, 1.54) is 4.90 Å². The van der Waals surface area contributed by atoms with Gasteiger partial charge in [0.25, 0.3) is 11.8 Å². The Kier molecular flexibility index (Phi) is 6.91. The molecule has 0 saturated heterocycles. The highest BCUT2D eigenvalue weighted by Gasteiger charge is 2.34. The molecule has 3 heterocycles. The molecule has 1 aliphatic heterocycles. The van der Waals surface area contributed by atoms with Crippen LogP contribution >= 0.6 is 11.6 Å². The molecule has 1 atom stereocenters. The maximum Gasteiger partial charge on any atom is 0.256 e. The van der Waals surface area contributed by atoms with Crippen LogP contribution in [-0.2, 0) is 17.8 Å². The van der Waals surface area contributed by atoms with Crippen molar-refractivity contribution < 1.29 is 14.4 Å². The van der Waals surface area contributed by atoms with Crippen LogP contribution in [-0.4, -0.2) is 38.6 Å². The lowest BCUT2D eigenvalue weighted by Gasteiger charge is -2.28. The van der Waals surface area contributed by atoms with Crippen molar-refractivity contribution in [2.75, 3.05) is 10.6 Å². The fourth-order valence-corrected chi connectivity index (χ4v) is 4.31. The topological polar surface area (TPSA) is 104 Å². The van der Waals surface area contributed by atoms with Crippen LogP contribution < -0.4 is 10.6 Å². The summed E-state index contributed by atoms with van der Waals surface area (Å²) in [5, 5.41) is 6.12. The first kappa shape index (κ1) is 24.1. The Bertz CT molecular complexity index is 1450. The van der Waals surface area contributed by atoms with Crippen molar-refractivity contribution in [1.29, 1.82) is 0 Å². The summed E-state index contributed by atoms with van der Waals surface area (Å²) in [6.07, 6.45) is 3.48. The molecule has 8 nitrogen and oxygen atoms in total. The van der Waals surface area contributed by atoms with Gasteiger partial charge in [0.05, 0.1) is 0 Å². The Hall–Kier alpha value is -4.56. The summed E-state index contributed by atoms with van der Waals surface area (Å²) >= 11 is 6.15. The zero-order valence-corrected chi connectivity index (χ0v) is 20.4. The fraction of sp³-hybridized carbons (Fsp3) is 0.107. The molecule has 0 spiro atoms. The molecule has 5 rings (SSSR count). The summed E-state index contributed by atoms with van der Waals surface area (Å²) in [6, 6.07) is 21.4. The van der Waals surface area contributed by atoms with Gasteiger partial charge in [-0.05, 0) is 66.2 Å². The number of pyridine rings is 2. The van der Waals surface area contributed by atoms with E-state index in [2.05, 4.69) is 20.6 Å². The quantitative estimate of drug-likeness (QED) is 0.408. The van der Waals surface area contributed by atoms with E-state index in [1.54, 1.807) is 79.1 Å². The highest BCUT2D eigenvalue weighted by Crippen LogP contribution is 2.28. The zero-order chi connectivity index (χ0) is 25.8. The van der Waals surface area contributed by atoms with E-state index in [9.17, 15) is 14.4 Å². The van der Waals surface area contributed by atoms with Gasteiger partial charge in [0.2, 0.25) is 5.91 Å². The van der Waals surface area contributed by atoms with E-state index in [1.807, 2.05) is 12.1 Å².